The molecule has 0 amide bonds. The van der Waals surface area contributed by atoms with Crippen molar-refractivity contribution in [2.45, 2.75) is 27.7 Å². The Hall–Kier alpha value is 0.180. The van der Waals surface area contributed by atoms with Gasteiger partial charge in [-0.25, -0.2) is 9.13 Å². The molecule has 0 rings (SSSR count). The van der Waals surface area contributed by atoms with Crippen LogP contribution in [0.2, 0.25) is 0 Å². The van der Waals surface area contributed by atoms with Crippen molar-refractivity contribution in [3.8, 4) is 0 Å². The first kappa shape index (κ1) is 19.2. The molecule has 2 N–H and O–H groups in total. The lowest BCUT2D eigenvalue weighted by atomic mass is 10.9. The number of hydrogen-bond acceptors (Lipinski definition) is 7. The SMILES string of the molecule is CCOP(=O)(NONP(=O)(OCC)OCC)OCC. The summed E-state index contributed by atoms with van der Waals surface area (Å²) in [6.07, 6.45) is 0. The van der Waals surface area contributed by atoms with Gasteiger partial charge in [-0.2, -0.15) is 4.94 Å². The molecule has 0 spiro atoms. The molecule has 0 unspecified atom stereocenters. The van der Waals surface area contributed by atoms with Crippen LogP contribution in [0.3, 0.4) is 0 Å². The summed E-state index contributed by atoms with van der Waals surface area (Å²) in [5.41, 5.74) is 0. The van der Waals surface area contributed by atoms with Crippen LogP contribution in [-0.4, -0.2) is 26.4 Å². The van der Waals surface area contributed by atoms with E-state index >= 15 is 0 Å². The third-order valence-corrected chi connectivity index (χ3v) is 4.53. The molecule has 0 aliphatic carbocycles. The molecule has 0 saturated heterocycles. The zero-order valence-corrected chi connectivity index (χ0v) is 13.4. The number of rotatable bonds is 12. The van der Waals surface area contributed by atoms with Crippen LogP contribution in [0.25, 0.3) is 0 Å². The lowest BCUT2D eigenvalue weighted by Crippen LogP contribution is -2.25. The Bertz CT molecular complexity index is 278. The van der Waals surface area contributed by atoms with Gasteiger partial charge < -0.3 is 0 Å². The van der Waals surface area contributed by atoms with Gasteiger partial charge in [0.2, 0.25) is 0 Å². The van der Waals surface area contributed by atoms with Crippen molar-refractivity contribution in [2.24, 2.45) is 0 Å². The molecule has 0 aliphatic rings. The molecule has 0 radical (unpaired) electrons. The van der Waals surface area contributed by atoms with Crippen LogP contribution >= 0.6 is 15.5 Å². The van der Waals surface area contributed by atoms with E-state index in [9.17, 15) is 9.13 Å². The molecule has 0 atom stereocenters. The van der Waals surface area contributed by atoms with Gasteiger partial charge in [0.05, 0.1) is 26.4 Å². The average molecular weight is 320 g/mol. The fourth-order valence-corrected chi connectivity index (χ4v) is 3.10. The van der Waals surface area contributed by atoms with E-state index in [1.165, 1.54) is 0 Å². The van der Waals surface area contributed by atoms with E-state index in [-0.39, 0.29) is 26.4 Å². The van der Waals surface area contributed by atoms with Crippen molar-refractivity contribution in [2.75, 3.05) is 26.4 Å². The van der Waals surface area contributed by atoms with Gasteiger partial charge in [0.1, 0.15) is 0 Å². The quantitative estimate of drug-likeness (QED) is 0.414. The Morgan fingerprint density at radius 3 is 1.16 bits per heavy atom. The van der Waals surface area contributed by atoms with Gasteiger partial charge in [-0.05, 0) is 27.7 Å². The Morgan fingerprint density at radius 2 is 0.947 bits per heavy atom. The van der Waals surface area contributed by atoms with Crippen molar-refractivity contribution in [1.82, 2.24) is 10.5 Å². The molecular formula is C8H22N2O7P2. The fourth-order valence-electron chi connectivity index (χ4n) is 0.992. The topological polar surface area (TPSA) is 104 Å². The van der Waals surface area contributed by atoms with Crippen molar-refractivity contribution in [1.29, 1.82) is 0 Å². The van der Waals surface area contributed by atoms with Crippen LogP contribution in [0.1, 0.15) is 27.7 Å². The number of hydrogen-bond donors (Lipinski definition) is 2. The van der Waals surface area contributed by atoms with Gasteiger partial charge in [0, 0.05) is 0 Å². The largest absolute Gasteiger partial charge is 0.430 e. The minimum absolute atomic E-state index is 0.155. The maximum atomic E-state index is 11.9. The Morgan fingerprint density at radius 1 is 0.684 bits per heavy atom. The predicted octanol–water partition coefficient (Wildman–Crippen LogP) is 2.37. The van der Waals surface area contributed by atoms with Gasteiger partial charge in [-0.1, -0.05) is 10.5 Å². The minimum atomic E-state index is -3.61. The third kappa shape index (κ3) is 8.14. The second-order valence-corrected chi connectivity index (χ2v) is 6.34. The molecule has 9 nitrogen and oxygen atoms in total. The molecule has 0 aromatic carbocycles. The van der Waals surface area contributed by atoms with Crippen molar-refractivity contribution in [3.05, 3.63) is 0 Å². The Balaban J connectivity index is 4.36. The van der Waals surface area contributed by atoms with Gasteiger partial charge in [0.15, 0.2) is 0 Å². The highest BCUT2D eigenvalue weighted by atomic mass is 31.2. The lowest BCUT2D eigenvalue weighted by molar-refractivity contribution is 0.00484. The maximum absolute atomic E-state index is 11.9. The van der Waals surface area contributed by atoms with E-state index in [0.29, 0.717) is 0 Å². The normalized spacial score (nSPS) is 12.8. The van der Waals surface area contributed by atoms with Gasteiger partial charge in [0.25, 0.3) is 0 Å². The fraction of sp³-hybridized carbons (Fsp3) is 1.00. The second-order valence-electron chi connectivity index (χ2n) is 2.95. The Labute approximate surface area is 113 Å². The smallest absolute Gasteiger partial charge is 0.296 e. The standard InChI is InChI=1S/C8H22N2O7P2/c1-5-13-18(11,14-6-2)9-17-10-19(12,15-7-3)16-8-4/h5-8H2,1-4H3,(H,9,11)(H,10,12). The molecule has 19 heavy (non-hydrogen) atoms. The van der Waals surface area contributed by atoms with Gasteiger partial charge in [-0.3, -0.25) is 18.1 Å². The molecule has 0 aromatic rings. The minimum Gasteiger partial charge on any atom is -0.296 e. The van der Waals surface area contributed by atoms with Gasteiger partial charge in [-0.15, -0.1) is 0 Å². The summed E-state index contributed by atoms with van der Waals surface area (Å²) >= 11 is 0. The van der Waals surface area contributed by atoms with Crippen LogP contribution in [0, 0.1) is 0 Å². The molecule has 11 heteroatoms. The van der Waals surface area contributed by atoms with Crippen molar-refractivity contribution in [3.63, 3.8) is 0 Å². The summed E-state index contributed by atoms with van der Waals surface area (Å²) in [4.78, 5) is 4.65. The highest BCUT2D eigenvalue weighted by molar-refractivity contribution is 7.52. The van der Waals surface area contributed by atoms with E-state index in [4.69, 9.17) is 18.1 Å². The molecule has 0 saturated carbocycles. The first-order valence-corrected chi connectivity index (χ1v) is 9.02. The molecule has 0 aliphatic heterocycles. The Kier molecular flexibility index (Phi) is 10.1. The van der Waals surface area contributed by atoms with E-state index in [1.54, 1.807) is 27.7 Å². The summed E-state index contributed by atoms with van der Waals surface area (Å²) < 4.78 is 43.4. The zero-order chi connectivity index (χ0) is 14.8. The highest BCUT2D eigenvalue weighted by Gasteiger charge is 2.28. The monoisotopic (exact) mass is 320 g/mol. The average Bonchev–Trinajstić information content (AvgIpc) is 2.29. The zero-order valence-electron chi connectivity index (χ0n) is 11.6. The van der Waals surface area contributed by atoms with E-state index in [0.717, 1.165) is 0 Å². The van der Waals surface area contributed by atoms with Crippen molar-refractivity contribution < 1.29 is 32.2 Å². The van der Waals surface area contributed by atoms with Crippen LogP contribution in [0.15, 0.2) is 0 Å². The first-order valence-electron chi connectivity index (χ1n) is 5.93. The van der Waals surface area contributed by atoms with Crippen LogP contribution < -0.4 is 10.5 Å². The van der Waals surface area contributed by atoms with Crippen LogP contribution in [-0.2, 0) is 32.2 Å². The summed E-state index contributed by atoms with van der Waals surface area (Å²) in [6.45, 7) is 7.20. The van der Waals surface area contributed by atoms with Crippen LogP contribution in [0.4, 0.5) is 0 Å². The lowest BCUT2D eigenvalue weighted by Gasteiger charge is -2.20. The molecule has 0 bridgehead atoms. The molecular weight excluding hydrogens is 298 g/mol. The summed E-state index contributed by atoms with van der Waals surface area (Å²) in [7, 11) is -7.22. The van der Waals surface area contributed by atoms with E-state index < -0.39 is 15.5 Å². The number of nitrogens with one attached hydrogen (secondary N) is 2. The highest BCUT2D eigenvalue weighted by Crippen LogP contribution is 2.46. The molecule has 0 heterocycles. The van der Waals surface area contributed by atoms with E-state index in [2.05, 4.69) is 4.94 Å². The van der Waals surface area contributed by atoms with Gasteiger partial charge >= 0.3 is 15.5 Å². The van der Waals surface area contributed by atoms with E-state index in [1.807, 2.05) is 10.5 Å². The molecule has 116 valence electrons. The predicted molar refractivity (Wildman–Crippen MR) is 69.1 cm³/mol. The third-order valence-electron chi connectivity index (χ3n) is 1.51. The summed E-state index contributed by atoms with van der Waals surface area (Å²) in [6, 6.07) is 0. The molecule has 0 aromatic heterocycles. The van der Waals surface area contributed by atoms with Crippen LogP contribution in [0.5, 0.6) is 0 Å². The summed E-state index contributed by atoms with van der Waals surface area (Å²) in [5.74, 6) is 0. The maximum Gasteiger partial charge on any atom is 0.430 e. The first-order chi connectivity index (χ1) is 8.95. The second kappa shape index (κ2) is 9.99. The van der Waals surface area contributed by atoms with Crippen molar-refractivity contribution >= 4 is 15.5 Å². The molecule has 0 fully saturated rings. The summed E-state index contributed by atoms with van der Waals surface area (Å²) in [5, 5.41) is 4.08.